The fraction of sp³-hybridized carbons (Fsp3) is 1.00. The van der Waals surface area contributed by atoms with Crippen LogP contribution in [0.3, 0.4) is 0 Å². The quantitative estimate of drug-likeness (QED) is 0.452. The Morgan fingerprint density at radius 1 is 1.00 bits per heavy atom. The lowest BCUT2D eigenvalue weighted by Gasteiger charge is -1.99. The van der Waals surface area contributed by atoms with Gasteiger partial charge in [0.05, 0.1) is 0 Å². The van der Waals surface area contributed by atoms with Crippen LogP contribution in [0.1, 0.15) is 19.3 Å². The van der Waals surface area contributed by atoms with E-state index in [-0.39, 0.29) is 10.8 Å². The Hall–Kier alpha value is 0.580. The number of rotatable bonds is 0. The highest BCUT2D eigenvalue weighted by Crippen LogP contribution is 2.27. The predicted molar refractivity (Wildman–Crippen MR) is 33.1 cm³/mol. The molecule has 0 heterocycles. The molecule has 2 atom stereocenters. The summed E-state index contributed by atoms with van der Waals surface area (Å²) in [6.45, 7) is 0. The van der Waals surface area contributed by atoms with E-state index in [1.54, 1.807) is 0 Å². The van der Waals surface area contributed by atoms with Crippen molar-refractivity contribution in [2.45, 2.75) is 30.0 Å². The van der Waals surface area contributed by atoms with Crippen molar-refractivity contribution in [1.82, 2.24) is 0 Å². The van der Waals surface area contributed by atoms with Gasteiger partial charge < -0.3 is 0 Å². The molecule has 7 heavy (non-hydrogen) atoms. The van der Waals surface area contributed by atoms with Crippen molar-refractivity contribution in [2.24, 2.45) is 0 Å². The molecule has 0 saturated heterocycles. The molecule has 0 N–H and O–H groups in total. The van der Waals surface area contributed by atoms with Crippen LogP contribution in [0.4, 0.5) is 0 Å². The van der Waals surface area contributed by atoms with Crippen molar-refractivity contribution in [3.63, 3.8) is 0 Å². The molecule has 0 unspecified atom stereocenters. The third-order valence-corrected chi connectivity index (χ3v) is 2.53. The Labute approximate surface area is 53.8 Å². The molecule has 1 aliphatic carbocycles. The summed E-state index contributed by atoms with van der Waals surface area (Å²) < 4.78 is 0. The second-order valence-corrected chi connectivity index (χ2v) is 3.08. The summed E-state index contributed by atoms with van der Waals surface area (Å²) in [6.07, 6.45) is 3.42. The van der Waals surface area contributed by atoms with E-state index in [1.807, 2.05) is 0 Å². The van der Waals surface area contributed by atoms with Crippen molar-refractivity contribution in [1.29, 1.82) is 0 Å². The summed E-state index contributed by atoms with van der Waals surface area (Å²) in [5, 5.41) is 0.503. The summed E-state index contributed by atoms with van der Waals surface area (Å²) in [5.74, 6) is 0. The molecule has 2 heteroatoms. The van der Waals surface area contributed by atoms with Gasteiger partial charge in [0.15, 0.2) is 0 Å². The second-order valence-electron chi connectivity index (χ2n) is 1.96. The fourth-order valence-corrected chi connectivity index (χ4v) is 1.43. The molecule has 42 valence electrons. The summed E-state index contributed by atoms with van der Waals surface area (Å²) in [6, 6.07) is 0. The van der Waals surface area contributed by atoms with Gasteiger partial charge in [0, 0.05) is 10.8 Å². The van der Waals surface area contributed by atoms with E-state index in [1.165, 1.54) is 6.42 Å². The van der Waals surface area contributed by atoms with Gasteiger partial charge in [-0.05, 0) is 12.8 Å². The van der Waals surface area contributed by atoms with Crippen molar-refractivity contribution < 1.29 is 0 Å². The van der Waals surface area contributed by atoms with Crippen LogP contribution in [-0.4, -0.2) is 10.8 Å². The first-order valence-corrected chi connectivity index (χ1v) is 3.46. The summed E-state index contributed by atoms with van der Waals surface area (Å²) in [5.41, 5.74) is 0. The number of hydrogen-bond acceptors (Lipinski definition) is 0. The maximum atomic E-state index is 5.73. The molecule has 0 spiro atoms. The Morgan fingerprint density at radius 3 is 1.57 bits per heavy atom. The van der Waals surface area contributed by atoms with Gasteiger partial charge in [-0.25, -0.2) is 0 Å². The monoisotopic (exact) mass is 138 g/mol. The van der Waals surface area contributed by atoms with Crippen LogP contribution in [0.2, 0.25) is 0 Å². The first-order chi connectivity index (χ1) is 3.30. The van der Waals surface area contributed by atoms with E-state index in [9.17, 15) is 0 Å². The third-order valence-electron chi connectivity index (χ3n) is 1.35. The molecule has 0 aliphatic heterocycles. The van der Waals surface area contributed by atoms with Crippen LogP contribution >= 0.6 is 23.2 Å². The number of hydrogen-bond donors (Lipinski definition) is 0. The van der Waals surface area contributed by atoms with Crippen molar-refractivity contribution in [3.05, 3.63) is 0 Å². The minimum atomic E-state index is 0.252. The molecule has 0 aromatic rings. The van der Waals surface area contributed by atoms with Crippen molar-refractivity contribution in [3.8, 4) is 0 Å². The van der Waals surface area contributed by atoms with Gasteiger partial charge in [-0.1, -0.05) is 6.42 Å². The minimum absolute atomic E-state index is 0.252. The highest BCUT2D eigenvalue weighted by molar-refractivity contribution is 6.30. The van der Waals surface area contributed by atoms with E-state index >= 15 is 0 Å². The summed E-state index contributed by atoms with van der Waals surface area (Å²) in [4.78, 5) is 0. The molecule has 0 nitrogen and oxygen atoms in total. The lowest BCUT2D eigenvalue weighted by molar-refractivity contribution is 0.888. The zero-order valence-corrected chi connectivity index (χ0v) is 5.54. The molecule has 1 aliphatic rings. The van der Waals surface area contributed by atoms with Gasteiger partial charge in [0.1, 0.15) is 0 Å². The summed E-state index contributed by atoms with van der Waals surface area (Å²) >= 11 is 11.5. The molecular formula is C5H8Cl2. The van der Waals surface area contributed by atoms with Gasteiger partial charge in [0.25, 0.3) is 0 Å². The van der Waals surface area contributed by atoms with E-state index < -0.39 is 0 Å². The first-order valence-electron chi connectivity index (χ1n) is 2.59. The highest BCUT2D eigenvalue weighted by Gasteiger charge is 2.22. The Bertz CT molecular complexity index is 55.1. The molecule has 0 amide bonds. The van der Waals surface area contributed by atoms with Crippen LogP contribution in [0.25, 0.3) is 0 Å². The van der Waals surface area contributed by atoms with Crippen LogP contribution in [0, 0.1) is 0 Å². The number of alkyl halides is 2. The first kappa shape index (κ1) is 5.71. The zero-order valence-electron chi connectivity index (χ0n) is 4.03. The average Bonchev–Trinajstić information content (AvgIpc) is 1.91. The fourth-order valence-electron chi connectivity index (χ4n) is 0.870. The summed E-state index contributed by atoms with van der Waals surface area (Å²) in [7, 11) is 0. The SMILES string of the molecule is Cl[C@@H]1CCC[C@@H]1Cl. The van der Waals surface area contributed by atoms with Gasteiger partial charge in [-0.3, -0.25) is 0 Å². The van der Waals surface area contributed by atoms with E-state index in [4.69, 9.17) is 23.2 Å². The lowest BCUT2D eigenvalue weighted by atomic mass is 10.4. The van der Waals surface area contributed by atoms with Crippen molar-refractivity contribution >= 4 is 23.2 Å². The van der Waals surface area contributed by atoms with Gasteiger partial charge >= 0.3 is 0 Å². The van der Waals surface area contributed by atoms with Crippen molar-refractivity contribution in [2.75, 3.05) is 0 Å². The number of halogens is 2. The van der Waals surface area contributed by atoms with E-state index in [0.717, 1.165) is 12.8 Å². The third kappa shape index (κ3) is 1.23. The molecular weight excluding hydrogens is 131 g/mol. The molecule has 0 aromatic heterocycles. The Balaban J connectivity index is 2.33. The smallest absolute Gasteiger partial charge is 0.0499 e. The van der Waals surface area contributed by atoms with Gasteiger partial charge in [0.2, 0.25) is 0 Å². The van der Waals surface area contributed by atoms with Gasteiger partial charge in [-0.2, -0.15) is 0 Å². The Kier molecular flexibility index (Phi) is 1.82. The predicted octanol–water partition coefficient (Wildman–Crippen LogP) is 2.39. The molecule has 0 aromatic carbocycles. The topological polar surface area (TPSA) is 0 Å². The lowest BCUT2D eigenvalue weighted by Crippen LogP contribution is -2.03. The Morgan fingerprint density at radius 2 is 1.43 bits per heavy atom. The van der Waals surface area contributed by atoms with E-state index in [0.29, 0.717) is 0 Å². The molecule has 0 radical (unpaired) electrons. The largest absolute Gasteiger partial charge is 0.121 e. The van der Waals surface area contributed by atoms with Crippen LogP contribution in [0.15, 0.2) is 0 Å². The normalized spacial score (nSPS) is 42.0. The minimum Gasteiger partial charge on any atom is -0.121 e. The standard InChI is InChI=1S/C5H8Cl2/c6-4-2-1-3-5(4)7/h4-5H,1-3H2/t4-,5+. The van der Waals surface area contributed by atoms with E-state index in [2.05, 4.69) is 0 Å². The van der Waals surface area contributed by atoms with Crippen LogP contribution in [0.5, 0.6) is 0 Å². The maximum Gasteiger partial charge on any atom is 0.0499 e. The molecule has 0 bridgehead atoms. The molecule has 1 rings (SSSR count). The maximum absolute atomic E-state index is 5.73. The highest BCUT2D eigenvalue weighted by atomic mass is 35.5. The van der Waals surface area contributed by atoms with Crippen LogP contribution < -0.4 is 0 Å². The zero-order chi connectivity index (χ0) is 5.28. The average molecular weight is 139 g/mol. The second kappa shape index (κ2) is 2.23. The van der Waals surface area contributed by atoms with Crippen LogP contribution in [-0.2, 0) is 0 Å². The van der Waals surface area contributed by atoms with Gasteiger partial charge in [-0.15, -0.1) is 23.2 Å². The molecule has 1 fully saturated rings. The molecule has 1 saturated carbocycles.